The van der Waals surface area contributed by atoms with E-state index >= 15 is 0 Å². The van der Waals surface area contributed by atoms with Crippen molar-refractivity contribution in [2.45, 2.75) is 26.4 Å². The Balaban J connectivity index is 1.70. The van der Waals surface area contributed by atoms with Crippen LogP contribution in [0.1, 0.15) is 25.4 Å². The molecule has 1 amide bonds. The Morgan fingerprint density at radius 1 is 1.03 bits per heavy atom. The molecule has 0 atom stereocenters. The number of amides is 1. The van der Waals surface area contributed by atoms with Crippen LogP contribution in [0.25, 0.3) is 23.2 Å². The van der Waals surface area contributed by atoms with Crippen molar-refractivity contribution in [2.75, 3.05) is 4.90 Å². The van der Waals surface area contributed by atoms with Crippen LogP contribution in [0.5, 0.6) is 0 Å². The van der Waals surface area contributed by atoms with Crippen LogP contribution in [0.3, 0.4) is 0 Å². The van der Waals surface area contributed by atoms with Crippen molar-refractivity contribution in [1.82, 2.24) is 9.55 Å². The van der Waals surface area contributed by atoms with E-state index in [1.165, 1.54) is 0 Å². The van der Waals surface area contributed by atoms with Crippen LogP contribution in [-0.4, -0.2) is 21.5 Å². The maximum Gasteiger partial charge on any atom is 0.247 e. The van der Waals surface area contributed by atoms with Gasteiger partial charge in [0, 0.05) is 11.7 Å². The molecule has 0 N–H and O–H groups in total. The van der Waals surface area contributed by atoms with E-state index in [1.54, 1.807) is 6.26 Å². The van der Waals surface area contributed by atoms with Gasteiger partial charge in [-0.3, -0.25) is 4.79 Å². The van der Waals surface area contributed by atoms with E-state index in [0.29, 0.717) is 5.82 Å². The van der Waals surface area contributed by atoms with Gasteiger partial charge in [0.1, 0.15) is 18.1 Å². The smallest absolute Gasteiger partial charge is 0.247 e. The van der Waals surface area contributed by atoms with Crippen LogP contribution in [-0.2, 0) is 11.3 Å². The number of furan rings is 1. The summed E-state index contributed by atoms with van der Waals surface area (Å²) in [6.45, 7) is 4.24. The maximum atomic E-state index is 13.3. The molecule has 2 aromatic heterocycles. The Hall–Kier alpha value is -3.60. The van der Waals surface area contributed by atoms with Crippen molar-refractivity contribution in [1.29, 1.82) is 0 Å². The molecule has 0 aliphatic heterocycles. The van der Waals surface area contributed by atoms with Crippen LogP contribution in [0, 0.1) is 0 Å². The Labute approximate surface area is 169 Å². The Bertz CT molecular complexity index is 1130. The van der Waals surface area contributed by atoms with Crippen LogP contribution in [0.4, 0.5) is 5.69 Å². The third kappa shape index (κ3) is 3.99. The van der Waals surface area contributed by atoms with Crippen molar-refractivity contribution in [2.24, 2.45) is 0 Å². The number of carbonyl (C=O) groups excluding carboxylic acids is 1. The average Bonchev–Trinajstić information content (AvgIpc) is 3.35. The number of aromatic nitrogens is 2. The SMILES string of the molecule is CC(C)N(C(=O)Cn1c(/C=C/c2ccco2)nc2ccccc21)c1ccccc1. The lowest BCUT2D eigenvalue weighted by atomic mass is 10.2. The van der Waals surface area contributed by atoms with E-state index < -0.39 is 0 Å². The molecule has 0 saturated carbocycles. The van der Waals surface area contributed by atoms with Gasteiger partial charge in [-0.25, -0.2) is 4.98 Å². The minimum atomic E-state index is 0.0157. The molecule has 2 heterocycles. The van der Waals surface area contributed by atoms with Crippen molar-refractivity contribution in [3.8, 4) is 0 Å². The first-order valence-corrected chi connectivity index (χ1v) is 9.67. The highest BCUT2D eigenvalue weighted by molar-refractivity contribution is 5.95. The molecule has 0 aliphatic rings. The number of hydrogen-bond acceptors (Lipinski definition) is 3. The van der Waals surface area contributed by atoms with Gasteiger partial charge in [-0.15, -0.1) is 0 Å². The second-order valence-corrected chi connectivity index (χ2v) is 7.09. The van der Waals surface area contributed by atoms with Crippen molar-refractivity contribution in [3.63, 3.8) is 0 Å². The number of anilines is 1. The van der Waals surface area contributed by atoms with E-state index in [2.05, 4.69) is 0 Å². The lowest BCUT2D eigenvalue weighted by Gasteiger charge is -2.27. The first kappa shape index (κ1) is 18.7. The fraction of sp³-hybridized carbons (Fsp3) is 0.167. The zero-order valence-corrected chi connectivity index (χ0v) is 16.5. The molecule has 0 aliphatic carbocycles. The lowest BCUT2D eigenvalue weighted by molar-refractivity contribution is -0.119. The fourth-order valence-corrected chi connectivity index (χ4v) is 3.46. The predicted molar refractivity (Wildman–Crippen MR) is 116 cm³/mol. The van der Waals surface area contributed by atoms with Gasteiger partial charge < -0.3 is 13.9 Å². The molecule has 4 rings (SSSR count). The summed E-state index contributed by atoms with van der Waals surface area (Å²) in [6, 6.07) is 21.4. The number of rotatable bonds is 6. The van der Waals surface area contributed by atoms with E-state index in [-0.39, 0.29) is 18.5 Å². The molecule has 2 aromatic carbocycles. The number of fused-ring (bicyclic) bond motifs is 1. The third-order valence-electron chi connectivity index (χ3n) is 4.74. The number of benzene rings is 2. The summed E-state index contributed by atoms with van der Waals surface area (Å²) in [6.07, 6.45) is 5.38. The topological polar surface area (TPSA) is 51.3 Å². The average molecular weight is 385 g/mol. The van der Waals surface area contributed by atoms with Crippen LogP contribution in [0.15, 0.2) is 77.4 Å². The molecule has 0 fully saturated rings. The number of carbonyl (C=O) groups is 1. The Morgan fingerprint density at radius 2 is 1.79 bits per heavy atom. The quantitative estimate of drug-likeness (QED) is 0.456. The van der Waals surface area contributed by atoms with Crippen LogP contribution >= 0.6 is 0 Å². The van der Waals surface area contributed by atoms with E-state index in [1.807, 2.05) is 102 Å². The van der Waals surface area contributed by atoms with Crippen molar-refractivity contribution >= 4 is 34.8 Å². The summed E-state index contributed by atoms with van der Waals surface area (Å²) in [5.74, 6) is 1.47. The summed E-state index contributed by atoms with van der Waals surface area (Å²) in [4.78, 5) is 19.9. The summed E-state index contributed by atoms with van der Waals surface area (Å²) in [7, 11) is 0. The highest BCUT2D eigenvalue weighted by Crippen LogP contribution is 2.21. The monoisotopic (exact) mass is 385 g/mol. The summed E-state index contributed by atoms with van der Waals surface area (Å²) in [5.41, 5.74) is 2.68. The summed E-state index contributed by atoms with van der Waals surface area (Å²) in [5, 5.41) is 0. The van der Waals surface area contributed by atoms with Gasteiger partial charge in [-0.1, -0.05) is 30.3 Å². The first-order chi connectivity index (χ1) is 14.1. The Morgan fingerprint density at radius 3 is 2.52 bits per heavy atom. The van der Waals surface area contributed by atoms with Gasteiger partial charge in [0.15, 0.2) is 0 Å². The molecule has 5 nitrogen and oxygen atoms in total. The zero-order valence-electron chi connectivity index (χ0n) is 16.5. The minimum absolute atomic E-state index is 0.0157. The third-order valence-corrected chi connectivity index (χ3v) is 4.74. The second kappa shape index (κ2) is 8.19. The standard InChI is InChI=1S/C24H23N3O2/c1-18(2)27(19-9-4-3-5-10-19)24(28)17-26-22-13-7-6-12-21(22)25-23(26)15-14-20-11-8-16-29-20/h3-16,18H,17H2,1-2H3/b15-14+. The molecule has 0 unspecified atom stereocenters. The molecule has 146 valence electrons. The molecular weight excluding hydrogens is 362 g/mol. The number of nitrogens with zero attached hydrogens (tertiary/aromatic N) is 3. The van der Waals surface area contributed by atoms with Gasteiger partial charge in [0.25, 0.3) is 0 Å². The van der Waals surface area contributed by atoms with Crippen LogP contribution in [0.2, 0.25) is 0 Å². The minimum Gasteiger partial charge on any atom is -0.465 e. The molecule has 0 radical (unpaired) electrons. The van der Waals surface area contributed by atoms with Gasteiger partial charge in [0.05, 0.1) is 17.3 Å². The van der Waals surface area contributed by atoms with Crippen molar-refractivity contribution in [3.05, 3.63) is 84.6 Å². The summed E-state index contributed by atoms with van der Waals surface area (Å²) < 4.78 is 7.33. The predicted octanol–water partition coefficient (Wildman–Crippen LogP) is 5.24. The van der Waals surface area contributed by atoms with Gasteiger partial charge in [-0.05, 0) is 62.4 Å². The summed E-state index contributed by atoms with van der Waals surface area (Å²) >= 11 is 0. The van der Waals surface area contributed by atoms with Crippen molar-refractivity contribution < 1.29 is 9.21 Å². The highest BCUT2D eigenvalue weighted by atomic mass is 16.3. The van der Waals surface area contributed by atoms with E-state index in [4.69, 9.17) is 9.40 Å². The molecule has 4 aromatic rings. The number of imidazole rings is 1. The maximum absolute atomic E-state index is 13.3. The fourth-order valence-electron chi connectivity index (χ4n) is 3.46. The van der Waals surface area contributed by atoms with Gasteiger partial charge in [0.2, 0.25) is 5.91 Å². The lowest BCUT2D eigenvalue weighted by Crippen LogP contribution is -2.39. The molecule has 5 heteroatoms. The van der Waals surface area contributed by atoms with E-state index in [9.17, 15) is 4.79 Å². The highest BCUT2D eigenvalue weighted by Gasteiger charge is 2.21. The van der Waals surface area contributed by atoms with E-state index in [0.717, 1.165) is 22.5 Å². The van der Waals surface area contributed by atoms with Gasteiger partial charge in [-0.2, -0.15) is 0 Å². The van der Waals surface area contributed by atoms with Gasteiger partial charge >= 0.3 is 0 Å². The molecule has 29 heavy (non-hydrogen) atoms. The van der Waals surface area contributed by atoms with Crippen LogP contribution < -0.4 is 4.90 Å². The zero-order chi connectivity index (χ0) is 20.2. The number of para-hydroxylation sites is 3. The second-order valence-electron chi connectivity index (χ2n) is 7.09. The molecular formula is C24H23N3O2. The molecule has 0 spiro atoms. The normalized spacial score (nSPS) is 11.6. The largest absolute Gasteiger partial charge is 0.465 e. The molecule has 0 bridgehead atoms. The molecule has 0 saturated heterocycles. The Kier molecular flexibility index (Phi) is 5.29. The first-order valence-electron chi connectivity index (χ1n) is 9.67. The number of hydrogen-bond donors (Lipinski definition) is 0.